The average molecular weight is 405 g/mol. The minimum atomic E-state index is -0.465. The van der Waals surface area contributed by atoms with E-state index in [4.69, 9.17) is 0 Å². The molecule has 3 aliphatic carbocycles. The number of piperidine rings is 1. The lowest BCUT2D eigenvalue weighted by Crippen LogP contribution is -2.59. The molecule has 1 aliphatic heterocycles. The summed E-state index contributed by atoms with van der Waals surface area (Å²) < 4.78 is 0. The van der Waals surface area contributed by atoms with Crippen LogP contribution >= 0.6 is 0 Å². The third kappa shape index (κ3) is 4.08. The molecule has 4 fully saturated rings. The molecule has 0 aromatic heterocycles. The zero-order valence-corrected chi connectivity index (χ0v) is 18.5. The second-order valence-electron chi connectivity index (χ2n) is 10.8. The zero-order valence-electron chi connectivity index (χ0n) is 18.5. The van der Waals surface area contributed by atoms with Crippen molar-refractivity contribution < 1.29 is 14.7 Å². The third-order valence-electron chi connectivity index (χ3n) is 8.86. The predicted octanol–water partition coefficient (Wildman–Crippen LogP) is 3.35. The van der Waals surface area contributed by atoms with Gasteiger partial charge in [0, 0.05) is 31.0 Å². The Bertz CT molecular complexity index is 628. The molecule has 2 N–H and O–H groups in total. The van der Waals surface area contributed by atoms with Crippen molar-refractivity contribution in [3.05, 3.63) is 0 Å². The number of hydrogen-bond acceptors (Lipinski definition) is 3. The molecule has 4 aliphatic rings. The zero-order chi connectivity index (χ0) is 20.8. The van der Waals surface area contributed by atoms with Crippen molar-refractivity contribution in [2.75, 3.05) is 13.1 Å². The molecule has 1 saturated heterocycles. The molecule has 5 heteroatoms. The maximum absolute atomic E-state index is 13.1. The number of amides is 2. The summed E-state index contributed by atoms with van der Waals surface area (Å²) in [6, 6.07) is 0.155. The van der Waals surface area contributed by atoms with Crippen LogP contribution in [0.2, 0.25) is 0 Å². The molecular formula is C24H40N2O3. The van der Waals surface area contributed by atoms with Crippen LogP contribution in [0.1, 0.15) is 78.6 Å². The summed E-state index contributed by atoms with van der Waals surface area (Å²) in [7, 11) is 0. The second-order valence-corrected chi connectivity index (χ2v) is 10.8. The van der Waals surface area contributed by atoms with Crippen molar-refractivity contribution in [1.82, 2.24) is 10.2 Å². The molecule has 7 atom stereocenters. The fraction of sp³-hybridized carbons (Fsp3) is 0.917. The van der Waals surface area contributed by atoms with Gasteiger partial charge in [-0.25, -0.2) is 0 Å². The molecule has 3 saturated carbocycles. The molecule has 4 rings (SSSR count). The van der Waals surface area contributed by atoms with Crippen LogP contribution in [-0.2, 0) is 9.59 Å². The Kier molecular flexibility index (Phi) is 5.98. The van der Waals surface area contributed by atoms with E-state index in [-0.39, 0.29) is 52.9 Å². The minimum Gasteiger partial charge on any atom is -0.392 e. The van der Waals surface area contributed by atoms with Gasteiger partial charge in [0.25, 0.3) is 0 Å². The molecule has 0 spiro atoms. The maximum atomic E-state index is 13.1. The van der Waals surface area contributed by atoms with Gasteiger partial charge in [-0.05, 0) is 81.0 Å². The van der Waals surface area contributed by atoms with E-state index in [2.05, 4.69) is 19.2 Å². The van der Waals surface area contributed by atoms with E-state index in [0.717, 1.165) is 64.5 Å². The number of aliphatic hydroxyl groups excluding tert-OH is 1. The fourth-order valence-electron chi connectivity index (χ4n) is 6.73. The molecule has 29 heavy (non-hydrogen) atoms. The molecule has 1 unspecified atom stereocenters. The topological polar surface area (TPSA) is 69.6 Å². The van der Waals surface area contributed by atoms with Crippen LogP contribution in [0.5, 0.6) is 0 Å². The summed E-state index contributed by atoms with van der Waals surface area (Å²) in [6.45, 7) is 8.32. The molecule has 0 aromatic rings. The number of hydrogen-bond donors (Lipinski definition) is 2. The number of likely N-dealkylation sites (tertiary alicyclic amines) is 1. The van der Waals surface area contributed by atoms with E-state index in [9.17, 15) is 14.7 Å². The minimum absolute atomic E-state index is 0.0304. The van der Waals surface area contributed by atoms with E-state index >= 15 is 0 Å². The van der Waals surface area contributed by atoms with Gasteiger partial charge in [0.15, 0.2) is 0 Å². The number of rotatable bonds is 4. The normalized spacial score (nSPS) is 41.4. The van der Waals surface area contributed by atoms with Crippen LogP contribution in [0, 0.1) is 35.0 Å². The fourth-order valence-corrected chi connectivity index (χ4v) is 6.73. The highest BCUT2D eigenvalue weighted by atomic mass is 16.3. The predicted molar refractivity (Wildman–Crippen MR) is 113 cm³/mol. The van der Waals surface area contributed by atoms with Crippen molar-refractivity contribution in [2.24, 2.45) is 35.0 Å². The number of nitrogens with zero attached hydrogens (tertiary/aromatic N) is 1. The third-order valence-corrected chi connectivity index (χ3v) is 8.86. The molecule has 164 valence electrons. The number of fused-ring (bicyclic) bond motifs is 1. The van der Waals surface area contributed by atoms with Crippen molar-refractivity contribution in [2.45, 2.75) is 90.7 Å². The first-order valence-corrected chi connectivity index (χ1v) is 12.1. The lowest BCUT2D eigenvalue weighted by molar-refractivity contribution is -0.151. The van der Waals surface area contributed by atoms with Crippen LogP contribution in [0.4, 0.5) is 0 Å². The Morgan fingerprint density at radius 3 is 2.38 bits per heavy atom. The summed E-state index contributed by atoms with van der Waals surface area (Å²) in [5.41, 5.74) is 0.115. The molecular weight excluding hydrogens is 364 g/mol. The Morgan fingerprint density at radius 2 is 1.72 bits per heavy atom. The smallest absolute Gasteiger partial charge is 0.225 e. The largest absolute Gasteiger partial charge is 0.392 e. The van der Waals surface area contributed by atoms with Crippen LogP contribution in [0.25, 0.3) is 0 Å². The molecule has 2 amide bonds. The molecule has 0 aromatic carbocycles. The summed E-state index contributed by atoms with van der Waals surface area (Å²) in [6.07, 6.45) is 9.07. The summed E-state index contributed by atoms with van der Waals surface area (Å²) >= 11 is 0. The van der Waals surface area contributed by atoms with E-state index in [0.29, 0.717) is 0 Å². The molecule has 5 nitrogen and oxygen atoms in total. The van der Waals surface area contributed by atoms with Crippen molar-refractivity contribution in [3.8, 4) is 0 Å². The Labute approximate surface area is 176 Å². The maximum Gasteiger partial charge on any atom is 0.225 e. The Morgan fingerprint density at radius 1 is 1.07 bits per heavy atom. The van der Waals surface area contributed by atoms with Crippen molar-refractivity contribution >= 4 is 11.8 Å². The van der Waals surface area contributed by atoms with Gasteiger partial charge in [0.1, 0.15) is 0 Å². The van der Waals surface area contributed by atoms with E-state index < -0.39 is 6.10 Å². The highest BCUT2D eigenvalue weighted by Crippen LogP contribution is 2.55. The van der Waals surface area contributed by atoms with Gasteiger partial charge in [-0.15, -0.1) is 0 Å². The molecule has 0 radical (unpaired) electrons. The van der Waals surface area contributed by atoms with Gasteiger partial charge in [0.05, 0.1) is 6.10 Å². The van der Waals surface area contributed by atoms with Gasteiger partial charge >= 0.3 is 0 Å². The SMILES string of the molecule is C[C@H]1[C@@H]2[C@@H](O)C([C@H](C)C(=O)N3CCCCC3)CC[C@@]2(C)CC[C@@H]1NC(=O)C1CC1. The standard InChI is InChI=1S/C24H40N2O3/c1-15(23(29)26-13-5-4-6-14-26)18-9-11-24(3)12-10-19(16(2)20(24)21(18)27)25-22(28)17-7-8-17/h15-21,27H,4-14H2,1-3H3,(H,25,28)/t15-,16+,18?,19-,20+,21-,24-/m0/s1. The number of carbonyl (C=O) groups is 2. The lowest BCUT2D eigenvalue weighted by atomic mass is 9.51. The van der Waals surface area contributed by atoms with Crippen LogP contribution in [0.3, 0.4) is 0 Å². The quantitative estimate of drug-likeness (QED) is 0.755. The number of carbonyl (C=O) groups excluding carboxylic acids is 2. The number of nitrogens with one attached hydrogen (secondary N) is 1. The summed E-state index contributed by atoms with van der Waals surface area (Å²) in [4.78, 5) is 27.5. The van der Waals surface area contributed by atoms with Gasteiger partial charge in [0.2, 0.25) is 11.8 Å². The highest BCUT2D eigenvalue weighted by molar-refractivity contribution is 5.81. The highest BCUT2D eigenvalue weighted by Gasteiger charge is 2.54. The number of aliphatic hydroxyl groups is 1. The molecule has 0 bridgehead atoms. The van der Waals surface area contributed by atoms with E-state index in [1.165, 1.54) is 6.42 Å². The van der Waals surface area contributed by atoms with Gasteiger partial charge in [-0.2, -0.15) is 0 Å². The first kappa shape index (κ1) is 21.1. The van der Waals surface area contributed by atoms with Crippen LogP contribution in [0.15, 0.2) is 0 Å². The first-order chi connectivity index (χ1) is 13.8. The average Bonchev–Trinajstić information content (AvgIpc) is 3.55. The second kappa shape index (κ2) is 8.20. The first-order valence-electron chi connectivity index (χ1n) is 12.1. The van der Waals surface area contributed by atoms with Crippen LogP contribution in [-0.4, -0.2) is 47.1 Å². The summed E-state index contributed by atoms with van der Waals surface area (Å²) in [5.74, 6) is 0.967. The Balaban J connectivity index is 1.46. The van der Waals surface area contributed by atoms with Crippen molar-refractivity contribution in [3.63, 3.8) is 0 Å². The van der Waals surface area contributed by atoms with E-state index in [1.807, 2.05) is 11.8 Å². The summed E-state index contributed by atoms with van der Waals surface area (Å²) in [5, 5.41) is 14.8. The van der Waals surface area contributed by atoms with Crippen molar-refractivity contribution in [1.29, 1.82) is 0 Å². The van der Waals surface area contributed by atoms with Gasteiger partial charge < -0.3 is 15.3 Å². The Hall–Kier alpha value is -1.10. The van der Waals surface area contributed by atoms with Gasteiger partial charge in [-0.1, -0.05) is 20.8 Å². The lowest BCUT2D eigenvalue weighted by Gasteiger charge is -2.56. The van der Waals surface area contributed by atoms with E-state index in [1.54, 1.807) is 0 Å². The van der Waals surface area contributed by atoms with Crippen LogP contribution < -0.4 is 5.32 Å². The monoisotopic (exact) mass is 404 g/mol. The van der Waals surface area contributed by atoms with Gasteiger partial charge in [-0.3, -0.25) is 9.59 Å². The molecule has 1 heterocycles.